The molecule has 0 atom stereocenters. The van der Waals surface area contributed by atoms with Gasteiger partial charge in [0.15, 0.2) is 7.28 Å². The number of benzene rings is 1. The Morgan fingerprint density at radius 3 is 2.60 bits per heavy atom. The fraction of sp³-hybridized carbons (Fsp3) is 0.250. The Morgan fingerprint density at radius 2 is 2.10 bits per heavy atom. The summed E-state index contributed by atoms with van der Waals surface area (Å²) < 4.78 is 0. The summed E-state index contributed by atoms with van der Waals surface area (Å²) in [5.74, 6) is 0. The molecule has 0 N–H and O–H groups in total. The van der Waals surface area contributed by atoms with Gasteiger partial charge in [0, 0.05) is 5.02 Å². The number of halogens is 1. The molecule has 0 saturated carbocycles. The average Bonchev–Trinajstić information content (AvgIpc) is 1.95. The Balaban J connectivity index is 3.04. The Labute approximate surface area is 67.5 Å². The largest absolute Gasteiger partial charge is 0.154 e. The molecule has 1 aromatic carbocycles. The lowest BCUT2D eigenvalue weighted by atomic mass is 9.73. The van der Waals surface area contributed by atoms with Gasteiger partial charge in [0.05, 0.1) is 0 Å². The van der Waals surface area contributed by atoms with Crippen LogP contribution in [0.3, 0.4) is 0 Å². The van der Waals surface area contributed by atoms with E-state index in [-0.39, 0.29) is 0 Å². The van der Waals surface area contributed by atoms with Crippen LogP contribution < -0.4 is 5.46 Å². The van der Waals surface area contributed by atoms with Gasteiger partial charge in [-0.2, -0.15) is 0 Å². The fourth-order valence-corrected chi connectivity index (χ4v) is 1.06. The van der Waals surface area contributed by atoms with Gasteiger partial charge in [0.1, 0.15) is 0 Å². The van der Waals surface area contributed by atoms with Gasteiger partial charge >= 0.3 is 0 Å². The first-order chi connectivity index (χ1) is 4.74. The Hall–Kier alpha value is -0.425. The van der Waals surface area contributed by atoms with Crippen molar-refractivity contribution in [1.82, 2.24) is 0 Å². The summed E-state index contributed by atoms with van der Waals surface area (Å²) in [7, 11) is 1.06. The monoisotopic (exact) mass is 152 g/mol. The predicted molar refractivity (Wildman–Crippen MR) is 48.8 cm³/mol. The fourth-order valence-electron chi connectivity index (χ4n) is 0.856. The van der Waals surface area contributed by atoms with Crippen LogP contribution in [0.5, 0.6) is 0 Å². The van der Waals surface area contributed by atoms with Crippen LogP contribution in [-0.2, 0) is 0 Å². The summed E-state index contributed by atoms with van der Waals surface area (Å²) in [5, 5.41) is 0.874. The van der Waals surface area contributed by atoms with Crippen molar-refractivity contribution in [3.8, 4) is 0 Å². The molecule has 0 heterocycles. The van der Waals surface area contributed by atoms with Crippen LogP contribution in [0.25, 0.3) is 0 Å². The van der Waals surface area contributed by atoms with E-state index in [4.69, 9.17) is 11.6 Å². The number of aryl methyl sites for hydroxylation is 1. The molecule has 0 fully saturated rings. The van der Waals surface area contributed by atoms with Gasteiger partial charge < -0.3 is 0 Å². The minimum absolute atomic E-state index is 0.874. The summed E-state index contributed by atoms with van der Waals surface area (Å²) in [6.45, 7) is 4.14. The third kappa shape index (κ3) is 1.54. The summed E-state index contributed by atoms with van der Waals surface area (Å²) in [6, 6.07) is 6.19. The van der Waals surface area contributed by atoms with E-state index in [9.17, 15) is 0 Å². The van der Waals surface area contributed by atoms with E-state index in [1.54, 1.807) is 0 Å². The van der Waals surface area contributed by atoms with Crippen molar-refractivity contribution in [2.45, 2.75) is 13.7 Å². The second kappa shape index (κ2) is 3.11. The van der Waals surface area contributed by atoms with Crippen molar-refractivity contribution in [2.24, 2.45) is 0 Å². The maximum Gasteiger partial charge on any atom is 0.154 e. The van der Waals surface area contributed by atoms with Gasteiger partial charge in [-0.1, -0.05) is 36.0 Å². The molecule has 0 nitrogen and oxygen atoms in total. The highest BCUT2D eigenvalue weighted by Crippen LogP contribution is 2.11. The van der Waals surface area contributed by atoms with E-state index in [2.05, 4.69) is 19.0 Å². The van der Waals surface area contributed by atoms with Crippen molar-refractivity contribution < 1.29 is 0 Å². The van der Waals surface area contributed by atoms with Gasteiger partial charge in [-0.25, -0.2) is 0 Å². The van der Waals surface area contributed by atoms with Gasteiger partial charge in [0.25, 0.3) is 0 Å². The van der Waals surface area contributed by atoms with E-state index >= 15 is 0 Å². The number of hydrogen-bond donors (Lipinski definition) is 0. The van der Waals surface area contributed by atoms with Gasteiger partial charge in [-0.3, -0.25) is 0 Å². The molecule has 1 rings (SSSR count). The second-order valence-electron chi connectivity index (χ2n) is 2.44. The Kier molecular flexibility index (Phi) is 2.39. The smallest absolute Gasteiger partial charge is 0.0849 e. The van der Waals surface area contributed by atoms with Crippen LogP contribution in [0.15, 0.2) is 18.2 Å². The molecule has 0 unspecified atom stereocenters. The van der Waals surface area contributed by atoms with Crippen LogP contribution in [-0.4, -0.2) is 7.28 Å². The Bertz CT molecular complexity index is 233. The topological polar surface area (TPSA) is 0 Å². The molecular weight excluding hydrogens is 142 g/mol. The van der Waals surface area contributed by atoms with Crippen LogP contribution in [0.1, 0.15) is 5.56 Å². The highest BCUT2D eigenvalue weighted by Gasteiger charge is 1.94. The average molecular weight is 152 g/mol. The molecule has 0 aromatic heterocycles. The lowest BCUT2D eigenvalue weighted by molar-refractivity contribution is 1.49. The van der Waals surface area contributed by atoms with Crippen molar-refractivity contribution in [1.29, 1.82) is 0 Å². The van der Waals surface area contributed by atoms with Crippen molar-refractivity contribution in [2.75, 3.05) is 0 Å². The summed E-state index contributed by atoms with van der Waals surface area (Å²) in [4.78, 5) is 0. The quantitative estimate of drug-likeness (QED) is 0.538. The molecule has 0 saturated heterocycles. The molecule has 0 amide bonds. The van der Waals surface area contributed by atoms with Crippen LogP contribution >= 0.6 is 11.6 Å². The van der Waals surface area contributed by atoms with Crippen LogP contribution in [0.2, 0.25) is 11.8 Å². The van der Waals surface area contributed by atoms with Crippen molar-refractivity contribution in [3.05, 3.63) is 28.8 Å². The normalized spacial score (nSPS) is 9.50. The van der Waals surface area contributed by atoms with Gasteiger partial charge in [-0.15, -0.1) is 0 Å². The third-order valence-electron chi connectivity index (χ3n) is 1.64. The number of rotatable bonds is 1. The van der Waals surface area contributed by atoms with E-state index < -0.39 is 0 Å². The zero-order valence-corrected chi connectivity index (χ0v) is 7.07. The van der Waals surface area contributed by atoms with Crippen LogP contribution in [0.4, 0.5) is 0 Å². The lowest BCUT2D eigenvalue weighted by Crippen LogP contribution is -2.09. The molecule has 0 aliphatic rings. The molecule has 0 spiro atoms. The standard InChI is InChI=1S/C8H10BCl/c1-6-3-4-7(9-2)5-8(6)10/h3-5,9H,1-2H3. The van der Waals surface area contributed by atoms with E-state index in [0.29, 0.717) is 0 Å². The first kappa shape index (κ1) is 7.68. The molecule has 0 bridgehead atoms. The Morgan fingerprint density at radius 1 is 1.40 bits per heavy atom. The van der Waals surface area contributed by atoms with E-state index in [0.717, 1.165) is 17.9 Å². The van der Waals surface area contributed by atoms with Gasteiger partial charge in [-0.05, 0) is 18.6 Å². The minimum Gasteiger partial charge on any atom is -0.0849 e. The molecule has 0 radical (unpaired) electrons. The van der Waals surface area contributed by atoms with Crippen molar-refractivity contribution >= 4 is 24.3 Å². The van der Waals surface area contributed by atoms with E-state index in [1.165, 1.54) is 5.46 Å². The molecule has 0 aliphatic carbocycles. The molecule has 10 heavy (non-hydrogen) atoms. The predicted octanol–water partition coefficient (Wildman–Crippen LogP) is 1.76. The first-order valence-electron chi connectivity index (χ1n) is 3.49. The van der Waals surface area contributed by atoms with Crippen molar-refractivity contribution in [3.63, 3.8) is 0 Å². The third-order valence-corrected chi connectivity index (χ3v) is 2.05. The second-order valence-corrected chi connectivity index (χ2v) is 2.84. The highest BCUT2D eigenvalue weighted by molar-refractivity contribution is 6.52. The molecule has 2 heteroatoms. The summed E-state index contributed by atoms with van der Waals surface area (Å²) in [5.41, 5.74) is 2.45. The molecule has 1 aromatic rings. The zero-order chi connectivity index (χ0) is 7.56. The van der Waals surface area contributed by atoms with Crippen LogP contribution in [0, 0.1) is 6.92 Å². The maximum absolute atomic E-state index is 5.89. The number of hydrogen-bond acceptors (Lipinski definition) is 0. The maximum atomic E-state index is 5.89. The SMILES string of the molecule is CBc1ccc(C)c(Cl)c1. The van der Waals surface area contributed by atoms with Gasteiger partial charge in [0.2, 0.25) is 0 Å². The van der Waals surface area contributed by atoms with E-state index in [1.807, 2.05) is 13.0 Å². The molecule has 52 valence electrons. The minimum atomic E-state index is 0.874. The molecule has 0 aliphatic heterocycles. The zero-order valence-electron chi connectivity index (χ0n) is 6.32. The lowest BCUT2D eigenvalue weighted by Gasteiger charge is -1.98. The first-order valence-corrected chi connectivity index (χ1v) is 3.87. The summed E-state index contributed by atoms with van der Waals surface area (Å²) in [6.07, 6.45) is 0. The summed E-state index contributed by atoms with van der Waals surface area (Å²) >= 11 is 5.89. The molecular formula is C8H10BCl. The highest BCUT2D eigenvalue weighted by atomic mass is 35.5.